The third kappa shape index (κ3) is 16.6. The van der Waals surface area contributed by atoms with Crippen LogP contribution in [0.15, 0.2) is 352 Å². The van der Waals surface area contributed by atoms with Crippen molar-refractivity contribution in [2.45, 2.75) is 94.9 Å². The van der Waals surface area contributed by atoms with Crippen molar-refractivity contribution in [2.24, 2.45) is 35.2 Å². The molecule has 13 nitrogen and oxygen atoms in total. The maximum atomic E-state index is 6.28. The zero-order valence-corrected chi connectivity index (χ0v) is 77.1. The highest BCUT2D eigenvalue weighted by atomic mass is 16.4. The standard InChI is InChI=1S/C29H33N2.2C25H21N2O.C19H17N2O.C19H16NO/c1-20(2)26-18-24(23-13-8-7-9-14-23)19-27(21(3)4)28(26)31-17-16-30(6)29(31)25-15-11-10-12-22(25)5;1-16-9-12-20-21-13-10-17(2)26-25(21)28-24(20)23(16)22-14-11-19(15-27(22)3)18-7-5-4-6-8-18;1-16-9-11-20-21-12-10-17(2)26-25(21)28-24(20)23(16)22-15-19(13-14-27(22)3)18-7-5-4-6-8-18;1-12-7-9-14-15-10-8-13(2)20-19(15)22-18(14)17(12)16-6-4-5-11-21(16)3;1-13-10-11-15-14-7-3-4-9-17(14)21-19(15)18(13)16-8-5-6-12-20(16)2/h7-21H,1-6H3;2*4-15H,1-3H3;4-11H,1-3H3;3-12H,1-2H3/q5*+1. The summed E-state index contributed by atoms with van der Waals surface area (Å²) in [5.41, 5.74) is 37.5. The first-order valence-electron chi connectivity index (χ1n) is 44.7. The predicted molar refractivity (Wildman–Crippen MR) is 529 cm³/mol. The highest BCUT2D eigenvalue weighted by Gasteiger charge is 2.31. The third-order valence-electron chi connectivity index (χ3n) is 25.1. The Hall–Kier alpha value is -15.3. The molecule has 12 heterocycles. The van der Waals surface area contributed by atoms with Crippen molar-refractivity contribution in [1.82, 2.24) is 19.5 Å². The Morgan fingerprint density at radius 1 is 0.269 bits per heavy atom. The number of para-hydroxylation sites is 1. The molecule has 0 saturated carbocycles. The summed E-state index contributed by atoms with van der Waals surface area (Å²) >= 11 is 0. The van der Waals surface area contributed by atoms with Crippen molar-refractivity contribution >= 4 is 88.1 Å². The molecule has 0 unspecified atom stereocenters. The molecule has 0 aliphatic rings. The molecule has 22 rings (SSSR count). The first kappa shape index (κ1) is 85.5. The van der Waals surface area contributed by atoms with E-state index in [0.717, 1.165) is 111 Å². The van der Waals surface area contributed by atoms with Crippen molar-refractivity contribution in [2.75, 3.05) is 0 Å². The number of pyridine rings is 7. The zero-order valence-electron chi connectivity index (χ0n) is 77.1. The summed E-state index contributed by atoms with van der Waals surface area (Å²) in [4.78, 5) is 13.7. The monoisotopic (exact) mass is 1700 g/mol. The van der Waals surface area contributed by atoms with Crippen LogP contribution >= 0.6 is 0 Å². The lowest BCUT2D eigenvalue weighted by atomic mass is 9.88. The van der Waals surface area contributed by atoms with E-state index in [0.29, 0.717) is 29.0 Å². The Kier molecular flexibility index (Phi) is 23.8. The van der Waals surface area contributed by atoms with Crippen molar-refractivity contribution in [3.8, 4) is 95.5 Å². The molecule has 0 saturated heterocycles. The molecule has 0 atom stereocenters. The quantitative estimate of drug-likeness (QED) is 0.118. The highest BCUT2D eigenvalue weighted by molar-refractivity contribution is 6.12. The van der Waals surface area contributed by atoms with Gasteiger partial charge in [0.05, 0.1) is 34.9 Å². The van der Waals surface area contributed by atoms with Gasteiger partial charge in [0, 0.05) is 119 Å². The summed E-state index contributed by atoms with van der Waals surface area (Å²) in [6, 6.07) is 104. The third-order valence-corrected chi connectivity index (χ3v) is 25.1. The van der Waals surface area contributed by atoms with Gasteiger partial charge in [-0.25, -0.2) is 37.8 Å². The van der Waals surface area contributed by atoms with Gasteiger partial charge >= 0.3 is 0 Å². The molecule has 22 aromatic rings. The minimum absolute atomic E-state index is 0.411. The second-order valence-corrected chi connectivity index (χ2v) is 34.9. The van der Waals surface area contributed by atoms with E-state index >= 15 is 0 Å². The number of aromatic nitrogens is 9. The van der Waals surface area contributed by atoms with Gasteiger partial charge in [-0.2, -0.15) is 4.57 Å². The molecule has 640 valence electrons. The summed E-state index contributed by atoms with van der Waals surface area (Å²) in [6.45, 7) is 25.9. The van der Waals surface area contributed by atoms with E-state index in [4.69, 9.17) is 17.7 Å². The fourth-order valence-corrected chi connectivity index (χ4v) is 18.2. The van der Waals surface area contributed by atoms with Gasteiger partial charge in [0.25, 0.3) is 5.82 Å². The van der Waals surface area contributed by atoms with Crippen molar-refractivity contribution in [3.63, 3.8) is 0 Å². The normalized spacial score (nSPS) is 11.4. The summed E-state index contributed by atoms with van der Waals surface area (Å²) in [5.74, 6) is 2.04. The number of furan rings is 4. The smallest absolute Gasteiger partial charge is 0.294 e. The van der Waals surface area contributed by atoms with Gasteiger partial charge < -0.3 is 17.7 Å². The molecule has 10 aromatic carbocycles. The summed E-state index contributed by atoms with van der Waals surface area (Å²) in [6.07, 6.45) is 12.8. The fourth-order valence-electron chi connectivity index (χ4n) is 18.2. The Morgan fingerprint density at radius 3 is 1.11 bits per heavy atom. The number of benzene rings is 10. The number of hydrogen-bond donors (Lipinski definition) is 0. The van der Waals surface area contributed by atoms with E-state index in [9.17, 15) is 0 Å². The van der Waals surface area contributed by atoms with Crippen molar-refractivity contribution < 1.29 is 40.5 Å². The Morgan fingerprint density at radius 2 is 0.654 bits per heavy atom. The molecule has 12 aromatic heterocycles. The van der Waals surface area contributed by atoms with Gasteiger partial charge in [0.2, 0.25) is 39.9 Å². The van der Waals surface area contributed by atoms with Crippen LogP contribution in [0.1, 0.15) is 95.6 Å². The van der Waals surface area contributed by atoms with E-state index in [1.807, 2.05) is 75.4 Å². The second kappa shape index (κ2) is 36.2. The molecule has 0 radical (unpaired) electrons. The number of fused-ring (bicyclic) bond motifs is 12. The lowest BCUT2D eigenvalue weighted by Crippen LogP contribution is -2.30. The molecule has 0 aliphatic carbocycles. The maximum Gasteiger partial charge on any atom is 0.294 e. The first-order chi connectivity index (χ1) is 63.0. The SMILES string of the molecule is Cc1ccc2c(n1)oc1c(-c3cc(-c4ccccc4)cc[n+]3C)c(C)ccc12.Cc1ccc2c(n1)oc1c(-c3ccc(-c4ccccc4)c[n+]3C)c(C)ccc12.Cc1ccc2c(n1)oc1c(-c3cccc[n+]3C)c(C)ccc12.Cc1ccc2c(oc3ccccc32)c1-c1cccc[n+]1C.Cc1ccccc1-c1n(-c2c(C(C)C)cc(-c3ccccc3)cc2C(C)C)cc[n+]1C. The molecule has 130 heavy (non-hydrogen) atoms. The Labute approximate surface area is 759 Å². The van der Waals surface area contributed by atoms with Crippen LogP contribution in [0.4, 0.5) is 0 Å². The summed E-state index contributed by atoms with van der Waals surface area (Å²) in [7, 11) is 10.4. The molecule has 0 fully saturated rings. The largest absolute Gasteiger partial charge is 0.455 e. The minimum atomic E-state index is 0.411. The lowest BCUT2D eigenvalue weighted by molar-refractivity contribution is -0.660. The molecule has 0 aliphatic heterocycles. The highest BCUT2D eigenvalue weighted by Crippen LogP contribution is 2.44. The van der Waals surface area contributed by atoms with Crippen molar-refractivity contribution in [1.29, 1.82) is 0 Å². The van der Waals surface area contributed by atoms with Crippen LogP contribution < -0.4 is 22.8 Å². The molecule has 13 heteroatoms. The van der Waals surface area contributed by atoms with Crippen LogP contribution in [0.2, 0.25) is 0 Å². The van der Waals surface area contributed by atoms with Crippen LogP contribution in [0.5, 0.6) is 0 Å². The first-order valence-corrected chi connectivity index (χ1v) is 44.7. The van der Waals surface area contributed by atoms with Crippen LogP contribution in [0.3, 0.4) is 0 Å². The van der Waals surface area contributed by atoms with Gasteiger partial charge in [-0.3, -0.25) is 0 Å². The fraction of sp³-hybridized carbons (Fsp3) is 0.162. The topological polar surface area (TPSA) is 116 Å². The van der Waals surface area contributed by atoms with Crippen LogP contribution in [0, 0.1) is 55.4 Å². The van der Waals surface area contributed by atoms with Crippen LogP contribution in [-0.2, 0) is 35.2 Å². The average Bonchev–Trinajstić information content (AvgIpc) is 0.827. The molecular weight excluding hydrogens is 1600 g/mol. The van der Waals surface area contributed by atoms with E-state index in [1.54, 1.807) is 0 Å². The Balaban J connectivity index is 0.000000110. The number of rotatable bonds is 11. The maximum absolute atomic E-state index is 6.28. The van der Waals surface area contributed by atoms with E-state index in [-0.39, 0.29) is 0 Å². The average molecular weight is 1700 g/mol. The number of aryl methyl sites for hydroxylation is 13. The Bertz CT molecular complexity index is 8000. The molecular formula is C117H108N9O4+5. The molecule has 0 spiro atoms. The number of imidazole rings is 1. The zero-order chi connectivity index (χ0) is 90.3. The predicted octanol–water partition coefficient (Wildman–Crippen LogP) is 27.2. The lowest BCUT2D eigenvalue weighted by Gasteiger charge is -2.20. The van der Waals surface area contributed by atoms with Crippen molar-refractivity contribution in [3.05, 3.63) is 390 Å². The van der Waals surface area contributed by atoms with E-state index < -0.39 is 0 Å². The minimum Gasteiger partial charge on any atom is -0.455 e. The van der Waals surface area contributed by atoms with Gasteiger partial charge in [-0.15, -0.1) is 0 Å². The van der Waals surface area contributed by atoms with Gasteiger partial charge in [0.1, 0.15) is 57.4 Å². The molecule has 0 N–H and O–H groups in total. The number of hydrogen-bond acceptors (Lipinski definition) is 7. The molecule has 0 bridgehead atoms. The summed E-state index contributed by atoms with van der Waals surface area (Å²) < 4.78 is 38.0. The number of nitrogens with zero attached hydrogens (tertiary/aromatic N) is 9. The van der Waals surface area contributed by atoms with Gasteiger partial charge in [-0.05, 0) is 202 Å². The van der Waals surface area contributed by atoms with Gasteiger partial charge in [0.15, 0.2) is 41.5 Å². The van der Waals surface area contributed by atoms with Crippen LogP contribution in [0.25, 0.3) is 184 Å². The van der Waals surface area contributed by atoms with E-state index in [2.05, 4.69) is 420 Å². The second-order valence-electron chi connectivity index (χ2n) is 34.9. The van der Waals surface area contributed by atoms with Gasteiger partial charge in [-0.1, -0.05) is 204 Å². The summed E-state index contributed by atoms with van der Waals surface area (Å²) in [5, 5.41) is 8.87. The van der Waals surface area contributed by atoms with E-state index in [1.165, 1.54) is 111 Å². The molecule has 0 amide bonds. The van der Waals surface area contributed by atoms with Crippen LogP contribution in [-0.4, -0.2) is 19.5 Å².